The van der Waals surface area contributed by atoms with E-state index >= 15 is 0 Å². The van der Waals surface area contributed by atoms with Crippen molar-refractivity contribution in [1.82, 2.24) is 14.5 Å². The van der Waals surface area contributed by atoms with Crippen molar-refractivity contribution in [3.8, 4) is 0 Å². The molecule has 2 aromatic heterocycles. The highest BCUT2D eigenvalue weighted by atomic mass is 15.4. The van der Waals surface area contributed by atoms with Gasteiger partial charge in [-0.05, 0) is 191 Å². The fraction of sp³-hybridized carbons (Fsp3) is 0.422. The van der Waals surface area contributed by atoms with Gasteiger partial charge in [-0.15, -0.1) is 0 Å². The number of fused-ring (bicyclic) bond motifs is 18. The average Bonchev–Trinajstić information content (AvgIpc) is 0.996. The van der Waals surface area contributed by atoms with Crippen LogP contribution in [-0.4, -0.2) is 70.1 Å². The normalized spacial score (nSPS) is 34.0. The van der Waals surface area contributed by atoms with Gasteiger partial charge >= 0.3 is 0 Å². The van der Waals surface area contributed by atoms with Gasteiger partial charge in [0.25, 0.3) is 0 Å². The van der Waals surface area contributed by atoms with Gasteiger partial charge < -0.3 is 34.1 Å². The molecule has 1 N–H and O–H groups in total. The molecule has 0 amide bonds. The molecule has 7 nitrogen and oxygen atoms in total. The summed E-state index contributed by atoms with van der Waals surface area (Å²) in [5.41, 5.74) is 11.5. The first-order chi connectivity index (χ1) is 44.7. The van der Waals surface area contributed by atoms with Crippen LogP contribution >= 0.6 is 0 Å². The van der Waals surface area contributed by atoms with Crippen LogP contribution in [0, 0.1) is 41.4 Å². The van der Waals surface area contributed by atoms with Crippen LogP contribution in [0.25, 0.3) is 43.6 Å². The number of hydrogen-bond acceptors (Lipinski definition) is 5. The number of hydrogen-bond donors (Lipinski definition) is 1. The number of para-hydroxylation sites is 8. The number of aromatic nitrogens is 2. The van der Waals surface area contributed by atoms with Crippen LogP contribution < -0.4 is 24.9 Å². The molecular formula is C83H89N7. The van der Waals surface area contributed by atoms with E-state index in [0.29, 0.717) is 108 Å². The standard InChI is InChI=1S/C83H89N7/c1-5-25-54(26-6-1)85-75-41-21-22-42-76(75)86(55-27-7-2-8-28-55)80-51-68-66(49-79(80)85)60-46-45-58(89-71-37-17-13-33-61(71)62-34-14-18-38-72(62)89)47-65(60)67-50-81-82(88(57-31-11-4-12-32-57)78-44-24-23-43-77(78)87(81)56-29-9-3-10-30-56)52-70(67)83-69(68)48-59(53-84-83)90-73-39-19-15-35-63(73)64-36-16-20-40-74(64)90/h1-20,25-40,58-60,65-70,75-84H,21-24,41-53H2. The lowest BCUT2D eigenvalue weighted by Gasteiger charge is -2.67. The zero-order valence-electron chi connectivity index (χ0n) is 52.4. The highest BCUT2D eigenvalue weighted by molar-refractivity contribution is 6.09. The van der Waals surface area contributed by atoms with E-state index in [0.717, 1.165) is 6.54 Å². The molecule has 0 radical (unpaired) electrons. The molecule has 18 atom stereocenters. The Kier molecular flexibility index (Phi) is 13.3. The number of piperazine rings is 2. The van der Waals surface area contributed by atoms with Crippen LogP contribution in [0.2, 0.25) is 0 Å². The van der Waals surface area contributed by atoms with Gasteiger partial charge in [-0.3, -0.25) is 0 Å². The Morgan fingerprint density at radius 1 is 0.244 bits per heavy atom. The topological polar surface area (TPSA) is 34.9 Å². The Balaban J connectivity index is 0.823. The number of piperidine rings is 1. The highest BCUT2D eigenvalue weighted by Crippen LogP contribution is 2.63. The maximum Gasteiger partial charge on any atom is 0.0501 e. The molecule has 18 unspecified atom stereocenters. The summed E-state index contributed by atoms with van der Waals surface area (Å²) in [7, 11) is 0. The number of nitrogens with zero attached hydrogens (tertiary/aromatic N) is 6. The van der Waals surface area contributed by atoms with Crippen molar-refractivity contribution in [3.05, 3.63) is 218 Å². The maximum absolute atomic E-state index is 4.83. The van der Waals surface area contributed by atoms with Gasteiger partial charge in [0.15, 0.2) is 0 Å². The Hall–Kier alpha value is -7.48. The second kappa shape index (κ2) is 22.1. The van der Waals surface area contributed by atoms with Crippen molar-refractivity contribution in [1.29, 1.82) is 0 Å². The molecule has 456 valence electrons. The zero-order valence-corrected chi connectivity index (χ0v) is 52.4. The lowest BCUT2D eigenvalue weighted by molar-refractivity contribution is -0.0863. The molecule has 5 heterocycles. The third kappa shape index (κ3) is 8.52. The Labute approximate surface area is 533 Å². The summed E-state index contributed by atoms with van der Waals surface area (Å²) in [6.45, 7) is 1.01. The second-order valence-electron chi connectivity index (χ2n) is 29.8. The molecule has 0 bridgehead atoms. The van der Waals surface area contributed by atoms with Crippen LogP contribution in [0.15, 0.2) is 218 Å². The van der Waals surface area contributed by atoms with Crippen molar-refractivity contribution in [2.75, 3.05) is 26.1 Å². The Morgan fingerprint density at radius 3 is 0.911 bits per heavy atom. The van der Waals surface area contributed by atoms with Crippen molar-refractivity contribution < 1.29 is 0 Å². The molecule has 0 spiro atoms. The summed E-state index contributed by atoms with van der Waals surface area (Å²) in [5, 5.41) is 10.5. The van der Waals surface area contributed by atoms with Gasteiger partial charge in [-0.25, -0.2) is 0 Å². The predicted octanol–water partition coefficient (Wildman–Crippen LogP) is 18.3. The summed E-state index contributed by atoms with van der Waals surface area (Å²) >= 11 is 0. The van der Waals surface area contributed by atoms with E-state index in [9.17, 15) is 0 Å². The first kappa shape index (κ1) is 54.3. The van der Waals surface area contributed by atoms with Gasteiger partial charge in [0.1, 0.15) is 0 Å². The third-order valence-corrected chi connectivity index (χ3v) is 26.1. The molecule has 3 aliphatic heterocycles. The minimum atomic E-state index is 0.345. The fourth-order valence-electron chi connectivity index (χ4n) is 23.2. The van der Waals surface area contributed by atoms with Gasteiger partial charge in [0.2, 0.25) is 0 Å². The molecule has 90 heavy (non-hydrogen) atoms. The third-order valence-electron chi connectivity index (χ3n) is 26.1. The Bertz CT molecular complexity index is 3820. The first-order valence-electron chi connectivity index (χ1n) is 35.7. The molecule has 19 rings (SSSR count). The summed E-state index contributed by atoms with van der Waals surface area (Å²) < 4.78 is 5.74. The van der Waals surface area contributed by atoms with Gasteiger partial charge in [0, 0.05) is 115 Å². The largest absolute Gasteiger partial charge is 0.361 e. The smallest absolute Gasteiger partial charge is 0.0501 e. The van der Waals surface area contributed by atoms with Crippen LogP contribution in [0.4, 0.5) is 22.7 Å². The van der Waals surface area contributed by atoms with Crippen LogP contribution in [0.5, 0.6) is 0 Å². The summed E-state index contributed by atoms with van der Waals surface area (Å²) in [4.78, 5) is 12.4. The average molecular weight is 1180 g/mol. The van der Waals surface area contributed by atoms with Crippen molar-refractivity contribution in [2.24, 2.45) is 41.4 Å². The molecule has 8 aromatic carbocycles. The number of nitrogens with one attached hydrogen (secondary N) is 1. The van der Waals surface area contributed by atoms with Crippen molar-refractivity contribution >= 4 is 66.4 Å². The summed E-state index contributed by atoms with van der Waals surface area (Å²) in [5.74, 6) is 4.01. The number of anilines is 4. The maximum atomic E-state index is 4.83. The fourth-order valence-corrected chi connectivity index (χ4v) is 23.2. The van der Waals surface area contributed by atoms with E-state index in [-0.39, 0.29) is 0 Å². The van der Waals surface area contributed by atoms with Crippen molar-refractivity contribution in [3.63, 3.8) is 0 Å². The van der Waals surface area contributed by atoms with E-state index in [4.69, 9.17) is 5.32 Å². The molecule has 10 aromatic rings. The molecule has 9 aliphatic rings. The predicted molar refractivity (Wildman–Crippen MR) is 373 cm³/mol. The molecule has 9 fully saturated rings. The molecule has 7 heteroatoms. The van der Waals surface area contributed by atoms with Crippen molar-refractivity contribution in [2.45, 2.75) is 169 Å². The number of rotatable bonds is 6. The minimum absolute atomic E-state index is 0.345. The zero-order chi connectivity index (χ0) is 59.0. The highest BCUT2D eigenvalue weighted by Gasteiger charge is 2.63. The van der Waals surface area contributed by atoms with Crippen LogP contribution in [0.3, 0.4) is 0 Å². The monoisotopic (exact) mass is 1180 g/mol. The lowest BCUT2D eigenvalue weighted by atomic mass is 9.48. The SMILES string of the molecule is c1ccc(N2C3CCCCC3N(c3ccccc3)C3CC4C(CC32)C2CCC(n3c5ccccc5c5ccccc53)CC2C2CC3C(CC2C2NCC(n5c6ccccc6c6ccccc65)CC42)N(c2ccccc2)C2CCCCC2N3c2ccccc2)cc1. The lowest BCUT2D eigenvalue weighted by Crippen LogP contribution is -2.74. The molecule has 6 aliphatic carbocycles. The molecular weight excluding hydrogens is 1090 g/mol. The minimum Gasteiger partial charge on any atom is -0.361 e. The van der Waals surface area contributed by atoms with Gasteiger partial charge in [-0.1, -0.05) is 171 Å². The summed E-state index contributed by atoms with van der Waals surface area (Å²) in [6, 6.07) is 90.4. The van der Waals surface area contributed by atoms with Crippen LogP contribution in [-0.2, 0) is 0 Å². The quantitative estimate of drug-likeness (QED) is 0.168. The second-order valence-corrected chi connectivity index (χ2v) is 29.8. The first-order valence-corrected chi connectivity index (χ1v) is 35.7. The summed E-state index contributed by atoms with van der Waals surface area (Å²) in [6.07, 6.45) is 20.4. The van der Waals surface area contributed by atoms with Gasteiger partial charge in [0.05, 0.1) is 24.2 Å². The van der Waals surface area contributed by atoms with E-state index in [1.165, 1.54) is 169 Å². The molecule has 3 saturated heterocycles. The van der Waals surface area contributed by atoms with Gasteiger partial charge in [-0.2, -0.15) is 0 Å². The van der Waals surface area contributed by atoms with Crippen LogP contribution in [0.1, 0.15) is 115 Å². The van der Waals surface area contributed by atoms with E-state index in [1.807, 2.05) is 0 Å². The number of benzene rings is 8. The van der Waals surface area contributed by atoms with E-state index in [2.05, 4.69) is 247 Å². The Morgan fingerprint density at radius 2 is 0.533 bits per heavy atom. The molecule has 6 saturated carbocycles. The van der Waals surface area contributed by atoms with E-state index in [1.54, 1.807) is 0 Å². The van der Waals surface area contributed by atoms with E-state index < -0.39 is 0 Å².